The van der Waals surface area contributed by atoms with Gasteiger partial charge in [0.15, 0.2) is 0 Å². The van der Waals surface area contributed by atoms with Crippen LogP contribution in [0.4, 0.5) is 0 Å². The highest BCUT2D eigenvalue weighted by Crippen LogP contribution is 2.45. The molecular formula is C76H50N4. The summed E-state index contributed by atoms with van der Waals surface area (Å²) in [5.41, 5.74) is 19.4. The van der Waals surface area contributed by atoms with Crippen LogP contribution in [0.5, 0.6) is 0 Å². The molecule has 0 saturated heterocycles. The monoisotopic (exact) mass is 1020 g/mol. The van der Waals surface area contributed by atoms with Gasteiger partial charge in [0.25, 0.3) is 0 Å². The van der Waals surface area contributed by atoms with E-state index in [1.807, 2.05) is 0 Å². The molecule has 17 aromatic rings. The van der Waals surface area contributed by atoms with E-state index in [2.05, 4.69) is 322 Å². The molecule has 13 aromatic carbocycles. The van der Waals surface area contributed by atoms with Crippen LogP contribution in [0.2, 0.25) is 0 Å². The second-order valence-corrected chi connectivity index (χ2v) is 20.8. The average Bonchev–Trinajstić information content (AvgIpc) is 3.88. The molecule has 80 heavy (non-hydrogen) atoms. The zero-order valence-corrected chi connectivity index (χ0v) is 43.7. The van der Waals surface area contributed by atoms with Gasteiger partial charge in [-0.2, -0.15) is 0 Å². The van der Waals surface area contributed by atoms with E-state index < -0.39 is 0 Å². The molecule has 0 fully saturated rings. The van der Waals surface area contributed by atoms with Crippen LogP contribution in [0.3, 0.4) is 0 Å². The number of rotatable bonds is 6. The Labute approximate surface area is 462 Å². The van der Waals surface area contributed by atoms with E-state index in [1.54, 1.807) is 0 Å². The van der Waals surface area contributed by atoms with E-state index in [1.165, 1.54) is 137 Å². The number of aromatic nitrogens is 4. The Bertz CT molecular complexity index is 5200. The predicted molar refractivity (Wildman–Crippen MR) is 339 cm³/mol. The van der Waals surface area contributed by atoms with Gasteiger partial charge in [-0.1, -0.05) is 224 Å². The fourth-order valence-corrected chi connectivity index (χ4v) is 13.0. The summed E-state index contributed by atoms with van der Waals surface area (Å²) in [6.07, 6.45) is 0. The molecule has 0 radical (unpaired) electrons. The second kappa shape index (κ2) is 18.5. The molecule has 374 valence electrons. The highest BCUT2D eigenvalue weighted by atomic mass is 15.0. The van der Waals surface area contributed by atoms with Gasteiger partial charge >= 0.3 is 0 Å². The summed E-state index contributed by atoms with van der Waals surface area (Å²) >= 11 is 0. The SMILES string of the molecule is c1ccc(-c2ccc(-n3c4ccccc4c4ccc5c(c6ccccc6n5-c5ccccc5)c43)cc2)cc1.c1ccc(-c2cccc(-n3c4ccccc4c4ccc5c(c6ccc7ccccc7c6n5-c5ccccc5)c43)c2)cc1. The first kappa shape index (κ1) is 45.5. The van der Waals surface area contributed by atoms with Crippen molar-refractivity contribution in [2.45, 2.75) is 0 Å². The van der Waals surface area contributed by atoms with Crippen molar-refractivity contribution in [3.05, 3.63) is 303 Å². The molecule has 0 aliphatic carbocycles. The third-order valence-corrected chi connectivity index (χ3v) is 16.4. The minimum atomic E-state index is 1.16. The summed E-state index contributed by atoms with van der Waals surface area (Å²) in [5.74, 6) is 0. The first-order valence-corrected chi connectivity index (χ1v) is 27.5. The van der Waals surface area contributed by atoms with Gasteiger partial charge in [0.1, 0.15) is 0 Å². The standard InChI is InChI=1S/C40H26N2.C36H24N2/c1-3-12-27(13-4-1)29-15-11-18-31(26-29)42-36-21-10-9-20-33(36)34-24-25-37-38(40(34)42)35-23-22-28-14-7-8-19-32(28)39(35)41(37)30-16-5-2-6-17-30;1-3-11-25(12-4-1)26-19-21-28(22-20-26)38-32-17-9-7-15-29(32)30-23-24-34-35(36(30)38)31-16-8-10-18-33(31)37(34)27-13-5-2-6-14-27/h1-26H;1-24H. The molecule has 0 aliphatic heterocycles. The molecule has 17 rings (SSSR count). The van der Waals surface area contributed by atoms with Crippen molar-refractivity contribution in [1.82, 2.24) is 18.3 Å². The lowest BCUT2D eigenvalue weighted by atomic mass is 10.0. The Balaban J connectivity index is 0.000000133. The third kappa shape index (κ3) is 7.09. The van der Waals surface area contributed by atoms with Gasteiger partial charge < -0.3 is 18.3 Å². The van der Waals surface area contributed by atoms with Crippen molar-refractivity contribution in [2.75, 3.05) is 0 Å². The molecule has 4 aromatic heterocycles. The van der Waals surface area contributed by atoms with Crippen LogP contribution in [0.1, 0.15) is 0 Å². The van der Waals surface area contributed by atoms with Crippen LogP contribution < -0.4 is 0 Å². The Hall–Kier alpha value is -10.7. The maximum atomic E-state index is 2.48. The molecule has 0 spiro atoms. The Kier molecular flexibility index (Phi) is 10.5. The minimum Gasteiger partial charge on any atom is -0.309 e. The third-order valence-electron chi connectivity index (χ3n) is 16.4. The van der Waals surface area contributed by atoms with Crippen molar-refractivity contribution >= 4 is 98.0 Å². The zero-order chi connectivity index (χ0) is 52.7. The van der Waals surface area contributed by atoms with E-state index in [4.69, 9.17) is 0 Å². The van der Waals surface area contributed by atoms with E-state index >= 15 is 0 Å². The van der Waals surface area contributed by atoms with Crippen LogP contribution >= 0.6 is 0 Å². The molecule has 4 heteroatoms. The van der Waals surface area contributed by atoms with Gasteiger partial charge in [-0.3, -0.25) is 0 Å². The van der Waals surface area contributed by atoms with E-state index in [0.717, 1.165) is 5.69 Å². The first-order valence-electron chi connectivity index (χ1n) is 27.5. The molecule has 0 N–H and O–H groups in total. The fourth-order valence-electron chi connectivity index (χ4n) is 13.0. The minimum absolute atomic E-state index is 1.16. The molecule has 0 aliphatic rings. The molecule has 4 nitrogen and oxygen atoms in total. The molecule has 0 bridgehead atoms. The summed E-state index contributed by atoms with van der Waals surface area (Å²) in [6, 6.07) is 110. The van der Waals surface area contributed by atoms with Crippen molar-refractivity contribution in [3.8, 4) is 45.0 Å². The van der Waals surface area contributed by atoms with Crippen molar-refractivity contribution in [2.24, 2.45) is 0 Å². The summed E-state index contributed by atoms with van der Waals surface area (Å²) in [4.78, 5) is 0. The number of benzene rings is 13. The molecule has 0 saturated carbocycles. The van der Waals surface area contributed by atoms with Crippen molar-refractivity contribution in [1.29, 1.82) is 0 Å². The molecule has 0 amide bonds. The first-order chi connectivity index (χ1) is 39.7. The smallest absolute Gasteiger partial charge is 0.0641 e. The number of nitrogens with zero attached hydrogens (tertiary/aromatic N) is 4. The molecular weight excluding hydrogens is 969 g/mol. The number of hydrogen-bond donors (Lipinski definition) is 0. The number of fused-ring (bicyclic) bond motifs is 16. The molecule has 0 atom stereocenters. The molecule has 4 heterocycles. The maximum absolute atomic E-state index is 2.48. The highest BCUT2D eigenvalue weighted by Gasteiger charge is 2.24. The topological polar surface area (TPSA) is 19.7 Å². The normalized spacial score (nSPS) is 11.8. The largest absolute Gasteiger partial charge is 0.309 e. The predicted octanol–water partition coefficient (Wildman–Crippen LogP) is 20.2. The van der Waals surface area contributed by atoms with Crippen LogP contribution in [0.25, 0.3) is 143 Å². The lowest BCUT2D eigenvalue weighted by Crippen LogP contribution is -1.96. The van der Waals surface area contributed by atoms with Crippen LogP contribution in [0, 0.1) is 0 Å². The van der Waals surface area contributed by atoms with Crippen molar-refractivity contribution in [3.63, 3.8) is 0 Å². The van der Waals surface area contributed by atoms with Gasteiger partial charge in [0.05, 0.1) is 44.1 Å². The quantitative estimate of drug-likeness (QED) is 0.158. The number of hydrogen-bond acceptors (Lipinski definition) is 0. The molecule has 0 unspecified atom stereocenters. The summed E-state index contributed by atoms with van der Waals surface area (Å²) in [6.45, 7) is 0. The highest BCUT2D eigenvalue weighted by molar-refractivity contribution is 6.29. The fraction of sp³-hybridized carbons (Fsp3) is 0. The second-order valence-electron chi connectivity index (χ2n) is 20.8. The van der Waals surface area contributed by atoms with Gasteiger partial charge in [-0.05, 0) is 107 Å². The van der Waals surface area contributed by atoms with E-state index in [-0.39, 0.29) is 0 Å². The Morgan fingerprint density at radius 1 is 0.175 bits per heavy atom. The maximum Gasteiger partial charge on any atom is 0.0641 e. The van der Waals surface area contributed by atoms with E-state index in [0.29, 0.717) is 0 Å². The van der Waals surface area contributed by atoms with Gasteiger partial charge in [0.2, 0.25) is 0 Å². The Morgan fingerprint density at radius 3 is 1.18 bits per heavy atom. The summed E-state index contributed by atoms with van der Waals surface area (Å²) < 4.78 is 9.77. The van der Waals surface area contributed by atoms with Gasteiger partial charge in [0, 0.05) is 71.2 Å². The van der Waals surface area contributed by atoms with Crippen molar-refractivity contribution < 1.29 is 0 Å². The number of para-hydroxylation sites is 5. The van der Waals surface area contributed by atoms with Gasteiger partial charge in [-0.25, -0.2) is 0 Å². The van der Waals surface area contributed by atoms with Crippen LogP contribution in [0.15, 0.2) is 303 Å². The van der Waals surface area contributed by atoms with Gasteiger partial charge in [-0.15, -0.1) is 0 Å². The van der Waals surface area contributed by atoms with E-state index in [9.17, 15) is 0 Å². The Morgan fingerprint density at radius 2 is 0.562 bits per heavy atom. The zero-order valence-electron chi connectivity index (χ0n) is 43.7. The summed E-state index contributed by atoms with van der Waals surface area (Å²) in [5, 5.41) is 12.7. The lowest BCUT2D eigenvalue weighted by molar-refractivity contribution is 1.17. The lowest BCUT2D eigenvalue weighted by Gasteiger charge is -2.12. The van der Waals surface area contributed by atoms with Crippen LogP contribution in [-0.4, -0.2) is 18.3 Å². The summed E-state index contributed by atoms with van der Waals surface area (Å²) in [7, 11) is 0. The average molecular weight is 1020 g/mol. The van der Waals surface area contributed by atoms with Crippen LogP contribution in [-0.2, 0) is 0 Å².